The molecule has 6 unspecified atom stereocenters. The van der Waals surface area contributed by atoms with Gasteiger partial charge in [0.2, 0.25) is 0 Å². The van der Waals surface area contributed by atoms with E-state index in [2.05, 4.69) is 70.4 Å². The van der Waals surface area contributed by atoms with Crippen molar-refractivity contribution >= 4 is 11.6 Å². The monoisotopic (exact) mass is 592 g/mol. The maximum atomic E-state index is 11.2. The molecular weight excluding hydrogens is 540 g/mol. The summed E-state index contributed by atoms with van der Waals surface area (Å²) < 4.78 is 13.0. The fourth-order valence-electron chi connectivity index (χ4n) is 8.73. The van der Waals surface area contributed by atoms with Gasteiger partial charge in [0, 0.05) is 41.2 Å². The average Bonchev–Trinajstić information content (AvgIpc) is 3.26. The molecule has 42 heavy (non-hydrogen) atoms. The zero-order valence-corrected chi connectivity index (χ0v) is 27.5. The number of aliphatic hydroxyl groups excluding tert-OH is 1. The lowest BCUT2D eigenvalue weighted by atomic mass is 9.52. The summed E-state index contributed by atoms with van der Waals surface area (Å²) in [6.45, 7) is 15.7. The van der Waals surface area contributed by atoms with E-state index in [9.17, 15) is 5.11 Å². The molecule has 1 N–H and O–H groups in total. The van der Waals surface area contributed by atoms with Crippen molar-refractivity contribution in [1.29, 1.82) is 0 Å². The maximum Gasteiger partial charge on any atom is 0.169 e. The average molecular weight is 593 g/mol. The van der Waals surface area contributed by atoms with Crippen LogP contribution in [0.1, 0.15) is 122 Å². The molecule has 1 heterocycles. The van der Waals surface area contributed by atoms with Crippen molar-refractivity contribution in [2.24, 2.45) is 28.6 Å². The third-order valence-electron chi connectivity index (χ3n) is 10.9. The van der Waals surface area contributed by atoms with E-state index in [0.717, 1.165) is 57.3 Å². The SMILES string of the molecule is C=C(C)Cl.CCCCC#Cc1ccc(C2CC3(C)C(O)CCC3C3CCC4CC5(CCC4=C23)OCC(C)(C)CO5)cc1. The van der Waals surface area contributed by atoms with Crippen LogP contribution in [-0.2, 0) is 9.47 Å². The van der Waals surface area contributed by atoms with Gasteiger partial charge in [-0.1, -0.05) is 87.4 Å². The number of benzene rings is 1. The molecule has 3 nitrogen and oxygen atoms in total. The molecule has 0 radical (unpaired) electrons. The Bertz CT molecular complexity index is 1200. The molecule has 1 aromatic rings. The summed E-state index contributed by atoms with van der Waals surface area (Å²) in [6.07, 6.45) is 11.9. The lowest BCUT2D eigenvalue weighted by Gasteiger charge is -2.55. The zero-order valence-electron chi connectivity index (χ0n) is 26.7. The number of allylic oxidation sites excluding steroid dienone is 3. The van der Waals surface area contributed by atoms with E-state index in [1.54, 1.807) is 18.1 Å². The first kappa shape index (κ1) is 31.8. The first-order chi connectivity index (χ1) is 20.0. The van der Waals surface area contributed by atoms with Crippen LogP contribution in [0.25, 0.3) is 0 Å². The predicted molar refractivity (Wildman–Crippen MR) is 173 cm³/mol. The molecule has 4 heteroatoms. The van der Waals surface area contributed by atoms with Gasteiger partial charge in [-0.15, -0.1) is 0 Å². The van der Waals surface area contributed by atoms with Crippen molar-refractivity contribution in [1.82, 2.24) is 0 Å². The summed E-state index contributed by atoms with van der Waals surface area (Å²) in [5, 5.41) is 11.8. The van der Waals surface area contributed by atoms with Crippen LogP contribution in [0.4, 0.5) is 0 Å². The Hall–Kier alpha value is -1.57. The quantitative estimate of drug-likeness (QED) is 0.216. The smallest absolute Gasteiger partial charge is 0.169 e. The van der Waals surface area contributed by atoms with Crippen LogP contribution in [0, 0.1) is 40.4 Å². The number of halogens is 1. The summed E-state index contributed by atoms with van der Waals surface area (Å²) in [5.41, 5.74) is 6.13. The molecule has 0 amide bonds. The minimum absolute atomic E-state index is 0.0158. The Kier molecular flexibility index (Phi) is 9.71. The molecule has 1 spiro atoms. The second-order valence-electron chi connectivity index (χ2n) is 14.9. The third kappa shape index (κ3) is 6.58. The Morgan fingerprint density at radius 3 is 2.40 bits per heavy atom. The summed E-state index contributed by atoms with van der Waals surface area (Å²) >= 11 is 5.08. The number of hydrogen-bond donors (Lipinski definition) is 1. The number of ether oxygens (including phenoxy) is 2. The Balaban J connectivity index is 0.000000830. The van der Waals surface area contributed by atoms with Gasteiger partial charge < -0.3 is 14.6 Å². The highest BCUT2D eigenvalue weighted by Gasteiger charge is 2.57. The topological polar surface area (TPSA) is 38.7 Å². The molecule has 4 aliphatic carbocycles. The van der Waals surface area contributed by atoms with Gasteiger partial charge in [-0.2, -0.15) is 0 Å². The molecule has 0 aromatic heterocycles. The van der Waals surface area contributed by atoms with Gasteiger partial charge in [0.05, 0.1) is 19.3 Å². The molecule has 3 saturated carbocycles. The maximum absolute atomic E-state index is 11.2. The van der Waals surface area contributed by atoms with E-state index in [1.807, 2.05) is 0 Å². The van der Waals surface area contributed by atoms with Crippen molar-refractivity contribution in [3.8, 4) is 11.8 Å². The van der Waals surface area contributed by atoms with Crippen molar-refractivity contribution in [2.75, 3.05) is 13.2 Å². The normalized spacial score (nSPS) is 34.2. The number of hydrogen-bond acceptors (Lipinski definition) is 3. The molecule has 1 saturated heterocycles. The molecule has 1 aliphatic heterocycles. The molecule has 0 bridgehead atoms. The van der Waals surface area contributed by atoms with Crippen molar-refractivity contribution in [3.05, 3.63) is 58.1 Å². The van der Waals surface area contributed by atoms with Gasteiger partial charge in [-0.3, -0.25) is 0 Å². The number of rotatable bonds is 3. The van der Waals surface area contributed by atoms with Crippen molar-refractivity contribution in [2.45, 2.75) is 123 Å². The fraction of sp³-hybridized carbons (Fsp3) is 0.684. The first-order valence-corrected chi connectivity index (χ1v) is 16.9. The van der Waals surface area contributed by atoms with E-state index in [-0.39, 0.29) is 22.7 Å². The largest absolute Gasteiger partial charge is 0.393 e. The number of fused-ring (bicyclic) bond motifs is 4. The van der Waals surface area contributed by atoms with E-state index >= 15 is 0 Å². The second-order valence-corrected chi connectivity index (χ2v) is 15.5. The lowest BCUT2D eigenvalue weighted by Crippen LogP contribution is -2.52. The van der Waals surface area contributed by atoms with Crippen LogP contribution in [0.5, 0.6) is 0 Å². The van der Waals surface area contributed by atoms with E-state index in [1.165, 1.54) is 37.7 Å². The molecule has 6 atom stereocenters. The van der Waals surface area contributed by atoms with Crippen LogP contribution in [0.15, 0.2) is 47.0 Å². The van der Waals surface area contributed by atoms with Crippen LogP contribution < -0.4 is 0 Å². The van der Waals surface area contributed by atoms with Crippen LogP contribution in [-0.4, -0.2) is 30.2 Å². The number of aliphatic hydroxyl groups is 1. The molecule has 1 aromatic carbocycles. The highest BCUT2D eigenvalue weighted by Crippen LogP contribution is 2.65. The van der Waals surface area contributed by atoms with Gasteiger partial charge in [-0.25, -0.2) is 0 Å². The summed E-state index contributed by atoms with van der Waals surface area (Å²) in [4.78, 5) is 0. The molecular formula is C38H53ClO3. The summed E-state index contributed by atoms with van der Waals surface area (Å²) in [7, 11) is 0. The number of unbranched alkanes of at least 4 members (excludes halogenated alkanes) is 2. The van der Waals surface area contributed by atoms with Gasteiger partial charge in [-0.05, 0) is 92.7 Å². The highest BCUT2D eigenvalue weighted by atomic mass is 35.5. The fourth-order valence-corrected chi connectivity index (χ4v) is 8.73. The highest BCUT2D eigenvalue weighted by molar-refractivity contribution is 6.28. The molecule has 230 valence electrons. The van der Waals surface area contributed by atoms with E-state index in [0.29, 0.717) is 28.7 Å². The summed E-state index contributed by atoms with van der Waals surface area (Å²) in [6, 6.07) is 9.15. The predicted octanol–water partition coefficient (Wildman–Crippen LogP) is 9.53. The minimum atomic E-state index is -0.378. The Morgan fingerprint density at radius 2 is 1.74 bits per heavy atom. The van der Waals surface area contributed by atoms with E-state index < -0.39 is 0 Å². The second kappa shape index (κ2) is 12.8. The lowest BCUT2D eigenvalue weighted by molar-refractivity contribution is -0.312. The van der Waals surface area contributed by atoms with Crippen molar-refractivity contribution < 1.29 is 14.6 Å². The standard InChI is InChI=1S/C35H48O3.C3H5Cl/c1-5-6-7-8-9-24-10-12-25(13-11-24)29-21-34(4)30(16-17-31(34)36)28-15-14-26-20-35(19-18-27(26)32(28)29)37-22-33(2,3)23-38-35;1-3(2)4/h10-13,26,28-31,36H,5-7,14-23H2,1-4H3;1H2,2H3. The Labute approximate surface area is 260 Å². The zero-order chi connectivity index (χ0) is 30.1. The van der Waals surface area contributed by atoms with Gasteiger partial charge in [0.25, 0.3) is 0 Å². The van der Waals surface area contributed by atoms with Gasteiger partial charge in [0.15, 0.2) is 5.79 Å². The van der Waals surface area contributed by atoms with Crippen LogP contribution >= 0.6 is 11.6 Å². The van der Waals surface area contributed by atoms with Crippen molar-refractivity contribution in [3.63, 3.8) is 0 Å². The van der Waals surface area contributed by atoms with Gasteiger partial charge in [0.1, 0.15) is 0 Å². The minimum Gasteiger partial charge on any atom is -0.393 e. The molecule has 4 fully saturated rings. The molecule has 5 aliphatic rings. The van der Waals surface area contributed by atoms with Crippen LogP contribution in [0.2, 0.25) is 0 Å². The summed E-state index contributed by atoms with van der Waals surface area (Å²) in [5.74, 6) is 8.52. The third-order valence-corrected chi connectivity index (χ3v) is 10.9. The van der Waals surface area contributed by atoms with Gasteiger partial charge >= 0.3 is 0 Å². The van der Waals surface area contributed by atoms with Crippen LogP contribution in [0.3, 0.4) is 0 Å². The Morgan fingerprint density at radius 1 is 1.05 bits per heavy atom. The molecule has 6 rings (SSSR count). The van der Waals surface area contributed by atoms with E-state index in [4.69, 9.17) is 21.1 Å². The first-order valence-electron chi connectivity index (χ1n) is 16.6.